The molecule has 1 aliphatic heterocycles. The van der Waals surface area contributed by atoms with Crippen LogP contribution in [0, 0.1) is 0 Å². The maximum atomic E-state index is 12.0. The van der Waals surface area contributed by atoms with Crippen molar-refractivity contribution in [3.8, 4) is 0 Å². The highest BCUT2D eigenvalue weighted by Crippen LogP contribution is 2.11. The van der Waals surface area contributed by atoms with Crippen molar-refractivity contribution in [1.82, 2.24) is 15.1 Å². The van der Waals surface area contributed by atoms with Gasteiger partial charge in [-0.1, -0.05) is 0 Å². The summed E-state index contributed by atoms with van der Waals surface area (Å²) in [6.45, 7) is 6.39. The van der Waals surface area contributed by atoms with E-state index in [1.54, 1.807) is 32.8 Å². The Morgan fingerprint density at radius 1 is 1.56 bits per heavy atom. The third kappa shape index (κ3) is 3.73. The molecule has 0 radical (unpaired) electrons. The third-order valence-electron chi connectivity index (χ3n) is 2.67. The molecule has 5 heteroatoms. The average molecular weight is 229 g/mol. The summed E-state index contributed by atoms with van der Waals surface area (Å²) in [7, 11) is 3.53. The normalized spacial score (nSPS) is 23.2. The molecule has 0 saturated carbocycles. The van der Waals surface area contributed by atoms with Gasteiger partial charge in [0.05, 0.1) is 5.60 Å². The van der Waals surface area contributed by atoms with Gasteiger partial charge < -0.3 is 15.3 Å². The van der Waals surface area contributed by atoms with Crippen LogP contribution in [0.15, 0.2) is 0 Å². The van der Waals surface area contributed by atoms with E-state index < -0.39 is 5.60 Å². The van der Waals surface area contributed by atoms with E-state index in [4.69, 9.17) is 0 Å². The molecule has 0 aromatic carbocycles. The van der Waals surface area contributed by atoms with E-state index in [0.717, 1.165) is 13.1 Å². The summed E-state index contributed by atoms with van der Waals surface area (Å²) in [6, 6.07) is -0.157. The zero-order chi connectivity index (χ0) is 12.3. The number of nitrogens with zero attached hydrogens (tertiary/aromatic N) is 2. The van der Waals surface area contributed by atoms with Crippen molar-refractivity contribution in [2.45, 2.75) is 25.5 Å². The topological polar surface area (TPSA) is 55.8 Å². The Morgan fingerprint density at radius 3 is 2.69 bits per heavy atom. The van der Waals surface area contributed by atoms with Crippen LogP contribution in [-0.4, -0.2) is 72.7 Å². The first-order chi connectivity index (χ1) is 7.31. The molecule has 0 aliphatic carbocycles. The molecule has 1 saturated heterocycles. The maximum Gasteiger partial charge on any atom is 0.240 e. The molecule has 2 N–H and O–H groups in total. The lowest BCUT2D eigenvalue weighted by Crippen LogP contribution is -2.60. The zero-order valence-corrected chi connectivity index (χ0v) is 10.7. The van der Waals surface area contributed by atoms with E-state index in [0.29, 0.717) is 13.1 Å². The van der Waals surface area contributed by atoms with E-state index >= 15 is 0 Å². The van der Waals surface area contributed by atoms with Crippen molar-refractivity contribution >= 4 is 5.91 Å². The summed E-state index contributed by atoms with van der Waals surface area (Å²) in [5.74, 6) is 0.0939. The van der Waals surface area contributed by atoms with Gasteiger partial charge in [-0.3, -0.25) is 9.69 Å². The van der Waals surface area contributed by atoms with Gasteiger partial charge in [0.1, 0.15) is 6.04 Å². The van der Waals surface area contributed by atoms with Crippen molar-refractivity contribution < 1.29 is 9.90 Å². The average Bonchev–Trinajstić information content (AvgIpc) is 2.15. The molecule has 1 atom stereocenters. The Balaban J connectivity index is 2.68. The fourth-order valence-electron chi connectivity index (χ4n) is 1.97. The highest BCUT2D eigenvalue weighted by atomic mass is 16.3. The molecule has 0 bridgehead atoms. The minimum Gasteiger partial charge on any atom is -0.389 e. The van der Waals surface area contributed by atoms with Gasteiger partial charge in [-0.15, -0.1) is 0 Å². The molecule has 0 aromatic heterocycles. The third-order valence-corrected chi connectivity index (χ3v) is 2.67. The maximum absolute atomic E-state index is 12.0. The van der Waals surface area contributed by atoms with Gasteiger partial charge in [-0.25, -0.2) is 0 Å². The number of β-amino-alcohol motifs (C(OH)–C–C–N with tert-alkyl or cyclic N) is 1. The van der Waals surface area contributed by atoms with Gasteiger partial charge in [0.25, 0.3) is 0 Å². The van der Waals surface area contributed by atoms with Gasteiger partial charge in [0.15, 0.2) is 0 Å². The Labute approximate surface area is 97.4 Å². The van der Waals surface area contributed by atoms with Gasteiger partial charge in [-0.2, -0.15) is 0 Å². The smallest absolute Gasteiger partial charge is 0.240 e. The summed E-state index contributed by atoms with van der Waals surface area (Å²) in [5, 5.41) is 13.0. The molecule has 1 rings (SSSR count). The first-order valence-corrected chi connectivity index (χ1v) is 5.69. The fraction of sp³-hybridized carbons (Fsp3) is 0.909. The Bertz CT molecular complexity index is 248. The Hall–Kier alpha value is -0.650. The zero-order valence-electron chi connectivity index (χ0n) is 10.7. The molecule has 1 aliphatic rings. The van der Waals surface area contributed by atoms with Crippen molar-refractivity contribution in [2.75, 3.05) is 40.3 Å². The molecule has 1 unspecified atom stereocenters. The second-order valence-electron chi connectivity index (χ2n) is 5.24. The SMILES string of the molecule is CN(C)C(=O)C1CNCCN1CC(C)(C)O. The van der Waals surface area contributed by atoms with Crippen molar-refractivity contribution in [3.05, 3.63) is 0 Å². The Kier molecular flexibility index (Phi) is 4.29. The first-order valence-electron chi connectivity index (χ1n) is 5.69. The lowest BCUT2D eigenvalue weighted by atomic mass is 10.1. The molecule has 0 aromatic rings. The molecule has 16 heavy (non-hydrogen) atoms. The van der Waals surface area contributed by atoms with E-state index in [9.17, 15) is 9.90 Å². The summed E-state index contributed by atoms with van der Waals surface area (Å²) in [6.07, 6.45) is 0. The monoisotopic (exact) mass is 229 g/mol. The number of carbonyl (C=O) groups excluding carboxylic acids is 1. The highest BCUT2D eigenvalue weighted by Gasteiger charge is 2.32. The summed E-state index contributed by atoms with van der Waals surface area (Å²) >= 11 is 0. The minimum absolute atomic E-state index is 0.0939. The summed E-state index contributed by atoms with van der Waals surface area (Å²) in [5.41, 5.74) is -0.762. The van der Waals surface area contributed by atoms with Crippen molar-refractivity contribution in [2.24, 2.45) is 0 Å². The predicted molar refractivity (Wildman–Crippen MR) is 63.2 cm³/mol. The number of hydrogen-bond donors (Lipinski definition) is 2. The number of amides is 1. The molecule has 1 heterocycles. The van der Waals surface area contributed by atoms with Crippen LogP contribution >= 0.6 is 0 Å². The van der Waals surface area contributed by atoms with Gasteiger partial charge in [0.2, 0.25) is 5.91 Å². The van der Waals surface area contributed by atoms with Crippen LogP contribution in [0.3, 0.4) is 0 Å². The molecular weight excluding hydrogens is 206 g/mol. The second kappa shape index (κ2) is 5.12. The van der Waals surface area contributed by atoms with Crippen LogP contribution in [0.5, 0.6) is 0 Å². The molecule has 94 valence electrons. The number of rotatable bonds is 3. The minimum atomic E-state index is -0.762. The number of nitrogens with one attached hydrogen (secondary N) is 1. The summed E-state index contributed by atoms with van der Waals surface area (Å²) in [4.78, 5) is 15.6. The molecule has 1 fully saturated rings. The van der Waals surface area contributed by atoms with E-state index in [-0.39, 0.29) is 11.9 Å². The molecule has 0 spiro atoms. The van der Waals surface area contributed by atoms with E-state index in [2.05, 4.69) is 10.2 Å². The number of likely N-dealkylation sites (N-methyl/N-ethyl adjacent to an activating group) is 1. The van der Waals surface area contributed by atoms with E-state index in [1.165, 1.54) is 0 Å². The first kappa shape index (κ1) is 13.4. The standard InChI is InChI=1S/C11H23N3O2/c1-11(2,16)8-14-6-5-12-7-9(14)10(15)13(3)4/h9,12,16H,5-8H2,1-4H3. The van der Waals surface area contributed by atoms with Crippen molar-refractivity contribution in [3.63, 3.8) is 0 Å². The number of hydrogen-bond acceptors (Lipinski definition) is 4. The molecule has 1 amide bonds. The van der Waals surface area contributed by atoms with Gasteiger partial charge in [0, 0.05) is 40.3 Å². The summed E-state index contributed by atoms with van der Waals surface area (Å²) < 4.78 is 0. The lowest BCUT2D eigenvalue weighted by molar-refractivity contribution is -0.136. The quantitative estimate of drug-likeness (QED) is 0.660. The second-order valence-corrected chi connectivity index (χ2v) is 5.24. The number of aliphatic hydroxyl groups is 1. The molecular formula is C11H23N3O2. The lowest BCUT2D eigenvalue weighted by Gasteiger charge is -2.39. The van der Waals surface area contributed by atoms with Gasteiger partial charge >= 0.3 is 0 Å². The molecule has 5 nitrogen and oxygen atoms in total. The number of carbonyl (C=O) groups is 1. The largest absolute Gasteiger partial charge is 0.389 e. The number of piperazine rings is 1. The van der Waals surface area contributed by atoms with Crippen LogP contribution in [0.25, 0.3) is 0 Å². The predicted octanol–water partition coefficient (Wildman–Crippen LogP) is -0.881. The highest BCUT2D eigenvalue weighted by molar-refractivity contribution is 5.81. The van der Waals surface area contributed by atoms with Gasteiger partial charge in [-0.05, 0) is 13.8 Å². The van der Waals surface area contributed by atoms with Crippen LogP contribution in [-0.2, 0) is 4.79 Å². The van der Waals surface area contributed by atoms with Crippen LogP contribution in [0.4, 0.5) is 0 Å². The van der Waals surface area contributed by atoms with Crippen LogP contribution in [0.2, 0.25) is 0 Å². The van der Waals surface area contributed by atoms with Crippen LogP contribution in [0.1, 0.15) is 13.8 Å². The van der Waals surface area contributed by atoms with Crippen molar-refractivity contribution in [1.29, 1.82) is 0 Å². The Morgan fingerprint density at radius 2 is 2.19 bits per heavy atom. The fourth-order valence-corrected chi connectivity index (χ4v) is 1.97. The van der Waals surface area contributed by atoms with Crippen LogP contribution < -0.4 is 5.32 Å². The van der Waals surface area contributed by atoms with E-state index in [1.807, 2.05) is 0 Å².